The van der Waals surface area contributed by atoms with Crippen LogP contribution in [0.15, 0.2) is 23.7 Å². The van der Waals surface area contributed by atoms with Gasteiger partial charge in [-0.15, -0.1) is 11.3 Å². The molecule has 0 aromatic carbocycles. The van der Waals surface area contributed by atoms with Crippen LogP contribution in [-0.2, 0) is 11.2 Å². The molecule has 120 valence electrons. The quantitative estimate of drug-likeness (QED) is 0.934. The molecular weight excluding hydrogens is 310 g/mol. The fourth-order valence-corrected chi connectivity index (χ4v) is 4.10. The van der Waals surface area contributed by atoms with Gasteiger partial charge in [0.1, 0.15) is 0 Å². The van der Waals surface area contributed by atoms with E-state index in [0.717, 1.165) is 38.1 Å². The lowest BCUT2D eigenvalue weighted by Crippen LogP contribution is -2.23. The number of ketones is 1. The maximum Gasteiger partial charge on any atom is 0.222 e. The van der Waals surface area contributed by atoms with Crippen LogP contribution in [0.1, 0.15) is 46.1 Å². The third kappa shape index (κ3) is 3.14. The lowest BCUT2D eigenvalue weighted by Gasteiger charge is -2.22. The zero-order chi connectivity index (χ0) is 15.6. The summed E-state index contributed by atoms with van der Waals surface area (Å²) >= 11 is 1.71. The fraction of sp³-hybridized carbons (Fsp3) is 0.471. The molecule has 2 aromatic heterocycles. The van der Waals surface area contributed by atoms with Crippen molar-refractivity contribution in [2.75, 3.05) is 18.5 Å². The first kappa shape index (κ1) is 14.8. The molecule has 2 aromatic rings. The molecule has 1 fully saturated rings. The summed E-state index contributed by atoms with van der Waals surface area (Å²) in [4.78, 5) is 22.5. The van der Waals surface area contributed by atoms with Crippen molar-refractivity contribution in [2.45, 2.75) is 37.7 Å². The van der Waals surface area contributed by atoms with Crippen LogP contribution in [0.25, 0.3) is 0 Å². The van der Waals surface area contributed by atoms with Gasteiger partial charge in [0.25, 0.3) is 0 Å². The number of ether oxygens (including phenoxy) is 1. The van der Waals surface area contributed by atoms with E-state index in [4.69, 9.17) is 4.74 Å². The predicted molar refractivity (Wildman–Crippen MR) is 89.2 cm³/mol. The Morgan fingerprint density at radius 1 is 1.39 bits per heavy atom. The van der Waals surface area contributed by atoms with Crippen LogP contribution in [-0.4, -0.2) is 35.0 Å². The molecule has 0 bridgehead atoms. The van der Waals surface area contributed by atoms with Gasteiger partial charge < -0.3 is 10.1 Å². The second kappa shape index (κ2) is 6.37. The SMILES string of the molecule is O=C1C[C@H](c2cccs2)Cc2nc(NC[C@H]3CCCO3)ncc21. The zero-order valence-corrected chi connectivity index (χ0v) is 13.6. The van der Waals surface area contributed by atoms with Gasteiger partial charge in [0, 0.05) is 36.6 Å². The molecule has 0 spiro atoms. The number of hydrogen-bond donors (Lipinski definition) is 1. The van der Waals surface area contributed by atoms with Gasteiger partial charge in [0.15, 0.2) is 5.78 Å². The summed E-state index contributed by atoms with van der Waals surface area (Å²) in [5.74, 6) is 0.991. The Labute approximate surface area is 139 Å². The van der Waals surface area contributed by atoms with Gasteiger partial charge in [-0.2, -0.15) is 0 Å². The Morgan fingerprint density at radius 2 is 2.35 bits per heavy atom. The van der Waals surface area contributed by atoms with Crippen LogP contribution < -0.4 is 5.32 Å². The summed E-state index contributed by atoms with van der Waals surface area (Å²) in [5, 5.41) is 5.30. The number of aromatic nitrogens is 2. The highest BCUT2D eigenvalue weighted by atomic mass is 32.1. The fourth-order valence-electron chi connectivity index (χ4n) is 3.27. The molecule has 2 atom stereocenters. The molecule has 0 amide bonds. The lowest BCUT2D eigenvalue weighted by atomic mass is 9.86. The average molecular weight is 329 g/mol. The summed E-state index contributed by atoms with van der Waals surface area (Å²) in [7, 11) is 0. The van der Waals surface area contributed by atoms with E-state index in [1.165, 1.54) is 4.88 Å². The van der Waals surface area contributed by atoms with Crippen LogP contribution in [0.5, 0.6) is 0 Å². The van der Waals surface area contributed by atoms with E-state index in [0.29, 0.717) is 17.9 Å². The normalized spacial score (nSPS) is 23.7. The van der Waals surface area contributed by atoms with Crippen molar-refractivity contribution in [1.29, 1.82) is 0 Å². The lowest BCUT2D eigenvalue weighted by molar-refractivity contribution is 0.0963. The highest BCUT2D eigenvalue weighted by Gasteiger charge is 2.28. The predicted octanol–water partition coefficient (Wildman–Crippen LogP) is 3.04. The van der Waals surface area contributed by atoms with Crippen molar-refractivity contribution in [2.24, 2.45) is 0 Å². The average Bonchev–Trinajstić information content (AvgIpc) is 3.26. The van der Waals surface area contributed by atoms with Crippen molar-refractivity contribution in [3.63, 3.8) is 0 Å². The van der Waals surface area contributed by atoms with Gasteiger partial charge >= 0.3 is 0 Å². The van der Waals surface area contributed by atoms with E-state index in [1.807, 2.05) is 6.07 Å². The van der Waals surface area contributed by atoms with Gasteiger partial charge in [0.05, 0.1) is 17.4 Å². The second-order valence-corrected chi connectivity index (χ2v) is 7.09. The Morgan fingerprint density at radius 3 is 3.13 bits per heavy atom. The number of carbonyl (C=O) groups excluding carboxylic acids is 1. The Kier molecular flexibility index (Phi) is 4.10. The minimum absolute atomic E-state index is 0.148. The molecule has 0 saturated carbocycles. The molecule has 5 nitrogen and oxygen atoms in total. The van der Waals surface area contributed by atoms with Crippen LogP contribution in [0.2, 0.25) is 0 Å². The number of nitrogens with one attached hydrogen (secondary N) is 1. The van der Waals surface area contributed by atoms with Crippen molar-refractivity contribution in [3.05, 3.63) is 39.8 Å². The van der Waals surface area contributed by atoms with Crippen LogP contribution >= 0.6 is 11.3 Å². The van der Waals surface area contributed by atoms with Gasteiger partial charge in [-0.3, -0.25) is 4.79 Å². The molecule has 1 N–H and O–H groups in total. The number of rotatable bonds is 4. The molecule has 23 heavy (non-hydrogen) atoms. The van der Waals surface area contributed by atoms with Gasteiger partial charge in [0.2, 0.25) is 5.95 Å². The van der Waals surface area contributed by atoms with E-state index in [-0.39, 0.29) is 17.8 Å². The first-order chi connectivity index (χ1) is 11.3. The zero-order valence-electron chi connectivity index (χ0n) is 12.8. The maximum absolute atomic E-state index is 12.4. The van der Waals surface area contributed by atoms with Crippen molar-refractivity contribution >= 4 is 23.1 Å². The number of hydrogen-bond acceptors (Lipinski definition) is 6. The smallest absolute Gasteiger partial charge is 0.222 e. The Bertz CT molecular complexity index is 696. The summed E-state index contributed by atoms with van der Waals surface area (Å²) in [6.07, 6.45) is 5.48. The summed E-state index contributed by atoms with van der Waals surface area (Å²) in [6.45, 7) is 1.56. The van der Waals surface area contributed by atoms with Crippen molar-refractivity contribution in [3.8, 4) is 0 Å². The summed E-state index contributed by atoms with van der Waals surface area (Å²) in [6, 6.07) is 4.14. The number of anilines is 1. The number of fused-ring (bicyclic) bond motifs is 1. The molecule has 0 unspecified atom stereocenters. The maximum atomic E-state index is 12.4. The molecule has 0 radical (unpaired) electrons. The van der Waals surface area contributed by atoms with Crippen LogP contribution in [0.3, 0.4) is 0 Å². The third-order valence-electron chi connectivity index (χ3n) is 4.50. The minimum atomic E-state index is 0.148. The van der Waals surface area contributed by atoms with E-state index >= 15 is 0 Å². The summed E-state index contributed by atoms with van der Waals surface area (Å²) in [5.41, 5.74) is 1.55. The van der Waals surface area contributed by atoms with E-state index in [9.17, 15) is 4.79 Å². The van der Waals surface area contributed by atoms with E-state index < -0.39 is 0 Å². The van der Waals surface area contributed by atoms with Crippen LogP contribution in [0.4, 0.5) is 5.95 Å². The third-order valence-corrected chi connectivity index (χ3v) is 5.53. The first-order valence-electron chi connectivity index (χ1n) is 8.07. The van der Waals surface area contributed by atoms with E-state index in [1.54, 1.807) is 17.5 Å². The largest absolute Gasteiger partial charge is 0.376 e. The first-order valence-corrected chi connectivity index (χ1v) is 8.95. The number of carbonyl (C=O) groups is 1. The molecule has 2 aliphatic rings. The number of thiophene rings is 1. The van der Waals surface area contributed by atoms with Gasteiger partial charge in [-0.1, -0.05) is 6.07 Å². The van der Waals surface area contributed by atoms with Gasteiger partial charge in [-0.25, -0.2) is 9.97 Å². The molecule has 4 rings (SSSR count). The molecular formula is C17H19N3O2S. The molecule has 1 aliphatic heterocycles. The van der Waals surface area contributed by atoms with Crippen molar-refractivity contribution in [1.82, 2.24) is 9.97 Å². The number of nitrogens with zero attached hydrogens (tertiary/aromatic N) is 2. The van der Waals surface area contributed by atoms with Crippen LogP contribution in [0, 0.1) is 0 Å². The Balaban J connectivity index is 1.50. The molecule has 1 aliphatic carbocycles. The standard InChI is InChI=1S/C17H19N3O2S/c21-15-8-11(16-4-2-6-23-16)7-14-13(15)10-19-17(20-14)18-9-12-3-1-5-22-12/h2,4,6,10-12H,1,3,5,7-9H2,(H,18,19,20)/t11-,12-/m1/s1. The monoisotopic (exact) mass is 329 g/mol. The molecule has 6 heteroatoms. The molecule has 1 saturated heterocycles. The van der Waals surface area contributed by atoms with E-state index in [2.05, 4.69) is 26.7 Å². The Hall–Kier alpha value is -1.79. The summed E-state index contributed by atoms with van der Waals surface area (Å²) < 4.78 is 5.60. The topological polar surface area (TPSA) is 64.1 Å². The minimum Gasteiger partial charge on any atom is -0.376 e. The second-order valence-electron chi connectivity index (χ2n) is 6.11. The molecule has 3 heterocycles. The highest BCUT2D eigenvalue weighted by Crippen LogP contribution is 2.34. The number of Topliss-reactive ketones (excluding diaryl/α,β-unsaturated/α-hetero) is 1. The van der Waals surface area contributed by atoms with Crippen molar-refractivity contribution < 1.29 is 9.53 Å². The van der Waals surface area contributed by atoms with Gasteiger partial charge in [-0.05, 0) is 30.7 Å². The highest BCUT2D eigenvalue weighted by molar-refractivity contribution is 7.10.